The number of benzene rings is 2. The fourth-order valence-electron chi connectivity index (χ4n) is 2.80. The second-order valence-electron chi connectivity index (χ2n) is 6.63. The summed E-state index contributed by atoms with van der Waals surface area (Å²) >= 11 is 1.64. The molecule has 0 bridgehead atoms. The van der Waals surface area contributed by atoms with E-state index in [0.29, 0.717) is 19.4 Å². The number of esters is 1. The quantitative estimate of drug-likeness (QED) is 0.540. The summed E-state index contributed by atoms with van der Waals surface area (Å²) in [5, 5.41) is 3.78. The highest BCUT2D eigenvalue weighted by Crippen LogP contribution is 2.22. The topological polar surface area (TPSA) is 77.5 Å². The Hall–Kier alpha value is -2.93. The molecule has 0 aliphatic rings. The van der Waals surface area contributed by atoms with Crippen LogP contribution in [-0.4, -0.2) is 30.1 Å². The van der Waals surface area contributed by atoms with E-state index in [9.17, 15) is 9.59 Å². The van der Waals surface area contributed by atoms with Gasteiger partial charge in [-0.05, 0) is 49.6 Å². The summed E-state index contributed by atoms with van der Waals surface area (Å²) in [6, 6.07) is 15.4. The van der Waals surface area contributed by atoms with E-state index >= 15 is 0 Å². The zero-order valence-electron chi connectivity index (χ0n) is 16.5. The standard InChI is InChI=1S/C22H24N2O4S/c1-15(22(26)23-14-16-10-12-17(27-2)13-11-16)28-21(25)9-5-8-20-24-18-6-3-4-7-19(18)29-20/h3-4,6-7,10-13,15H,5,8-9,14H2,1-2H3,(H,23,26)/t15-/m0/s1. The zero-order chi connectivity index (χ0) is 20.6. The second kappa shape index (κ2) is 10.0. The van der Waals surface area contributed by atoms with E-state index in [-0.39, 0.29) is 18.3 Å². The van der Waals surface area contributed by atoms with Crippen molar-refractivity contribution < 1.29 is 19.1 Å². The average molecular weight is 413 g/mol. The van der Waals surface area contributed by atoms with Gasteiger partial charge in [0.05, 0.1) is 22.3 Å². The molecule has 0 radical (unpaired) electrons. The maximum Gasteiger partial charge on any atom is 0.306 e. The van der Waals surface area contributed by atoms with Crippen molar-refractivity contribution in [1.82, 2.24) is 10.3 Å². The van der Waals surface area contributed by atoms with Crippen LogP contribution in [0.5, 0.6) is 5.75 Å². The molecule has 0 spiro atoms. The van der Waals surface area contributed by atoms with Gasteiger partial charge < -0.3 is 14.8 Å². The molecule has 0 aliphatic heterocycles. The first kappa shape index (κ1) is 20.8. The summed E-state index contributed by atoms with van der Waals surface area (Å²) < 4.78 is 11.5. The molecule has 2 aromatic carbocycles. The van der Waals surface area contributed by atoms with Gasteiger partial charge in [0.2, 0.25) is 0 Å². The van der Waals surface area contributed by atoms with E-state index < -0.39 is 6.10 Å². The Morgan fingerprint density at radius 3 is 2.62 bits per heavy atom. The monoisotopic (exact) mass is 412 g/mol. The minimum Gasteiger partial charge on any atom is -0.497 e. The van der Waals surface area contributed by atoms with Crippen LogP contribution in [-0.2, 0) is 27.3 Å². The predicted molar refractivity (Wildman–Crippen MR) is 113 cm³/mol. The third-order valence-electron chi connectivity index (χ3n) is 4.41. The molecular formula is C22H24N2O4S. The molecule has 1 aromatic heterocycles. The molecule has 6 nitrogen and oxygen atoms in total. The fourth-order valence-corrected chi connectivity index (χ4v) is 3.81. The number of aromatic nitrogens is 1. The number of hydrogen-bond acceptors (Lipinski definition) is 6. The van der Waals surface area contributed by atoms with Gasteiger partial charge in [-0.2, -0.15) is 0 Å². The molecule has 0 aliphatic carbocycles. The number of rotatable bonds is 9. The molecule has 1 amide bonds. The summed E-state index contributed by atoms with van der Waals surface area (Å²) in [6.45, 7) is 1.94. The summed E-state index contributed by atoms with van der Waals surface area (Å²) in [7, 11) is 1.60. The minimum atomic E-state index is -0.830. The van der Waals surface area contributed by atoms with E-state index in [1.54, 1.807) is 25.4 Å². The number of carbonyl (C=O) groups is 2. The van der Waals surface area contributed by atoms with Gasteiger partial charge in [0, 0.05) is 13.0 Å². The molecule has 1 N–H and O–H groups in total. The van der Waals surface area contributed by atoms with Crippen molar-refractivity contribution in [1.29, 1.82) is 0 Å². The lowest BCUT2D eigenvalue weighted by Crippen LogP contribution is -2.35. The lowest BCUT2D eigenvalue weighted by Gasteiger charge is -2.13. The number of thiazole rings is 1. The van der Waals surface area contributed by atoms with Crippen molar-refractivity contribution in [3.8, 4) is 5.75 Å². The highest BCUT2D eigenvalue weighted by Gasteiger charge is 2.17. The smallest absolute Gasteiger partial charge is 0.306 e. The summed E-state index contributed by atoms with van der Waals surface area (Å²) in [4.78, 5) is 28.7. The lowest BCUT2D eigenvalue weighted by atomic mass is 10.2. The van der Waals surface area contributed by atoms with E-state index in [2.05, 4.69) is 10.3 Å². The van der Waals surface area contributed by atoms with Crippen molar-refractivity contribution in [3.05, 3.63) is 59.1 Å². The van der Waals surface area contributed by atoms with Gasteiger partial charge >= 0.3 is 5.97 Å². The third-order valence-corrected chi connectivity index (χ3v) is 5.51. The summed E-state index contributed by atoms with van der Waals surface area (Å²) in [6.07, 6.45) is 0.778. The van der Waals surface area contributed by atoms with Gasteiger partial charge in [-0.25, -0.2) is 4.98 Å². The molecule has 0 saturated heterocycles. The van der Waals surface area contributed by atoms with Crippen LogP contribution < -0.4 is 10.1 Å². The number of methoxy groups -OCH3 is 1. The molecule has 0 saturated carbocycles. The maximum absolute atomic E-state index is 12.1. The lowest BCUT2D eigenvalue weighted by molar-refractivity contribution is -0.154. The molecule has 29 heavy (non-hydrogen) atoms. The van der Waals surface area contributed by atoms with Crippen LogP contribution in [0.2, 0.25) is 0 Å². The molecule has 0 fully saturated rings. The normalized spacial score (nSPS) is 11.8. The summed E-state index contributed by atoms with van der Waals surface area (Å²) in [5.74, 6) is 0.0618. The van der Waals surface area contributed by atoms with Crippen LogP contribution >= 0.6 is 11.3 Å². The Labute approximate surface area is 173 Å². The third kappa shape index (κ3) is 6.02. The number of aryl methyl sites for hydroxylation is 1. The van der Waals surface area contributed by atoms with E-state index in [0.717, 1.165) is 26.5 Å². The fraction of sp³-hybridized carbons (Fsp3) is 0.318. The SMILES string of the molecule is COc1ccc(CNC(=O)[C@H](C)OC(=O)CCCc2nc3ccccc3s2)cc1. The minimum absolute atomic E-state index is 0.256. The summed E-state index contributed by atoms with van der Waals surface area (Å²) in [5.41, 5.74) is 1.92. The van der Waals surface area contributed by atoms with E-state index in [1.165, 1.54) is 0 Å². The Bertz CT molecular complexity index is 935. The van der Waals surface area contributed by atoms with Crippen molar-refractivity contribution in [2.24, 2.45) is 0 Å². The highest BCUT2D eigenvalue weighted by molar-refractivity contribution is 7.18. The number of hydrogen-bond donors (Lipinski definition) is 1. The molecule has 0 unspecified atom stereocenters. The first-order chi connectivity index (χ1) is 14.0. The van der Waals surface area contributed by atoms with Crippen LogP contribution in [0.25, 0.3) is 10.2 Å². The Balaban J connectivity index is 1.37. The van der Waals surface area contributed by atoms with Gasteiger partial charge in [0.1, 0.15) is 5.75 Å². The van der Waals surface area contributed by atoms with Crippen LogP contribution in [0, 0.1) is 0 Å². The highest BCUT2D eigenvalue weighted by atomic mass is 32.1. The number of nitrogens with zero attached hydrogens (tertiary/aromatic N) is 1. The van der Waals surface area contributed by atoms with Gasteiger partial charge in [-0.15, -0.1) is 11.3 Å². The van der Waals surface area contributed by atoms with E-state index in [1.807, 2.05) is 48.5 Å². The largest absolute Gasteiger partial charge is 0.497 e. The second-order valence-corrected chi connectivity index (χ2v) is 7.74. The van der Waals surface area contributed by atoms with E-state index in [4.69, 9.17) is 9.47 Å². The van der Waals surface area contributed by atoms with Gasteiger partial charge in [-0.3, -0.25) is 9.59 Å². The molecule has 3 rings (SSSR count). The average Bonchev–Trinajstić information content (AvgIpc) is 3.15. The Kier molecular flexibility index (Phi) is 7.19. The number of carbonyl (C=O) groups excluding carboxylic acids is 2. The van der Waals surface area contributed by atoms with Crippen molar-refractivity contribution >= 4 is 33.4 Å². The Morgan fingerprint density at radius 2 is 1.90 bits per heavy atom. The van der Waals surface area contributed by atoms with Crippen LogP contribution in [0.4, 0.5) is 0 Å². The predicted octanol–water partition coefficient (Wildman–Crippen LogP) is 3.88. The molecular weight excluding hydrogens is 388 g/mol. The number of amides is 1. The molecule has 1 atom stereocenters. The first-order valence-electron chi connectivity index (χ1n) is 9.49. The number of fused-ring (bicyclic) bond motifs is 1. The number of para-hydroxylation sites is 1. The van der Waals surface area contributed by atoms with Crippen LogP contribution in [0.15, 0.2) is 48.5 Å². The van der Waals surface area contributed by atoms with Gasteiger partial charge in [0.25, 0.3) is 5.91 Å². The number of ether oxygens (including phenoxy) is 2. The molecule has 152 valence electrons. The van der Waals surface area contributed by atoms with Crippen molar-refractivity contribution in [2.45, 2.75) is 38.8 Å². The van der Waals surface area contributed by atoms with Crippen molar-refractivity contribution in [3.63, 3.8) is 0 Å². The molecule has 3 aromatic rings. The van der Waals surface area contributed by atoms with Crippen LogP contribution in [0.3, 0.4) is 0 Å². The van der Waals surface area contributed by atoms with Crippen molar-refractivity contribution in [2.75, 3.05) is 7.11 Å². The zero-order valence-corrected chi connectivity index (χ0v) is 17.3. The first-order valence-corrected chi connectivity index (χ1v) is 10.3. The molecule has 7 heteroatoms. The molecule has 1 heterocycles. The van der Waals surface area contributed by atoms with Crippen LogP contribution in [0.1, 0.15) is 30.3 Å². The Morgan fingerprint density at radius 1 is 1.14 bits per heavy atom. The maximum atomic E-state index is 12.1. The van der Waals surface area contributed by atoms with Gasteiger partial charge in [0.15, 0.2) is 6.10 Å². The van der Waals surface area contributed by atoms with Gasteiger partial charge in [-0.1, -0.05) is 24.3 Å². The number of nitrogens with one attached hydrogen (secondary N) is 1.